The predicted molar refractivity (Wildman–Crippen MR) is 82.1 cm³/mol. The maximum Gasteiger partial charge on any atom is 0.134 e. The van der Waals surface area contributed by atoms with Gasteiger partial charge in [0.1, 0.15) is 11.6 Å². The van der Waals surface area contributed by atoms with E-state index < -0.39 is 0 Å². The van der Waals surface area contributed by atoms with Crippen molar-refractivity contribution in [2.75, 3.05) is 12.4 Å². The van der Waals surface area contributed by atoms with Crippen LogP contribution in [0.1, 0.15) is 5.56 Å². The van der Waals surface area contributed by atoms with Crippen molar-refractivity contribution in [1.82, 2.24) is 4.98 Å². The van der Waals surface area contributed by atoms with Crippen LogP contribution < -0.4 is 10.1 Å². The van der Waals surface area contributed by atoms with Crippen LogP contribution in [0.25, 0.3) is 10.8 Å². The summed E-state index contributed by atoms with van der Waals surface area (Å²) in [4.78, 5) is 4.43. The fourth-order valence-corrected chi connectivity index (χ4v) is 2.28. The molecule has 0 amide bonds. The van der Waals surface area contributed by atoms with Gasteiger partial charge in [-0.3, -0.25) is 0 Å². The quantitative estimate of drug-likeness (QED) is 0.777. The van der Waals surface area contributed by atoms with Crippen LogP contribution in [0.15, 0.2) is 60.8 Å². The molecule has 1 heterocycles. The molecule has 0 fully saturated rings. The van der Waals surface area contributed by atoms with Crippen molar-refractivity contribution in [3.63, 3.8) is 0 Å². The van der Waals surface area contributed by atoms with Crippen LogP contribution in [-0.2, 0) is 6.54 Å². The summed E-state index contributed by atoms with van der Waals surface area (Å²) >= 11 is 0. The van der Waals surface area contributed by atoms with Crippen molar-refractivity contribution in [3.8, 4) is 5.75 Å². The molecule has 0 bridgehead atoms. The van der Waals surface area contributed by atoms with Crippen LogP contribution in [0, 0.1) is 0 Å². The average molecular weight is 264 g/mol. The van der Waals surface area contributed by atoms with E-state index in [4.69, 9.17) is 4.74 Å². The van der Waals surface area contributed by atoms with Gasteiger partial charge >= 0.3 is 0 Å². The molecular formula is C17H16N2O. The molecule has 0 radical (unpaired) electrons. The largest absolute Gasteiger partial charge is 0.496 e. The van der Waals surface area contributed by atoms with Gasteiger partial charge in [-0.25, -0.2) is 4.98 Å². The zero-order valence-corrected chi connectivity index (χ0v) is 11.3. The van der Waals surface area contributed by atoms with Crippen molar-refractivity contribution in [2.24, 2.45) is 0 Å². The van der Waals surface area contributed by atoms with Crippen LogP contribution in [-0.4, -0.2) is 12.1 Å². The van der Waals surface area contributed by atoms with E-state index in [2.05, 4.69) is 28.5 Å². The first-order valence-corrected chi connectivity index (χ1v) is 6.58. The smallest absolute Gasteiger partial charge is 0.134 e. The molecule has 100 valence electrons. The number of anilines is 1. The third kappa shape index (κ3) is 2.43. The number of ether oxygens (including phenoxy) is 1. The van der Waals surface area contributed by atoms with Crippen molar-refractivity contribution >= 4 is 16.6 Å². The van der Waals surface area contributed by atoms with Crippen molar-refractivity contribution in [2.45, 2.75) is 6.54 Å². The molecule has 3 rings (SSSR count). The van der Waals surface area contributed by atoms with E-state index in [0.29, 0.717) is 0 Å². The molecular weight excluding hydrogens is 248 g/mol. The summed E-state index contributed by atoms with van der Waals surface area (Å²) in [5, 5.41) is 5.53. The summed E-state index contributed by atoms with van der Waals surface area (Å²) in [6.07, 6.45) is 1.80. The lowest BCUT2D eigenvalue weighted by Crippen LogP contribution is -2.01. The van der Waals surface area contributed by atoms with E-state index in [-0.39, 0.29) is 0 Å². The molecule has 0 atom stereocenters. The Balaban J connectivity index is 1.92. The summed E-state index contributed by atoms with van der Waals surface area (Å²) in [6.45, 7) is 0.754. The third-order valence-corrected chi connectivity index (χ3v) is 3.29. The van der Waals surface area contributed by atoms with Gasteiger partial charge in [-0.2, -0.15) is 0 Å². The van der Waals surface area contributed by atoms with E-state index in [1.165, 1.54) is 5.56 Å². The fourth-order valence-electron chi connectivity index (χ4n) is 2.28. The molecule has 0 aliphatic rings. The van der Waals surface area contributed by atoms with E-state index in [0.717, 1.165) is 28.9 Å². The Morgan fingerprint density at radius 2 is 1.80 bits per heavy atom. The first kappa shape index (κ1) is 12.5. The molecule has 1 N–H and O–H groups in total. The molecule has 1 aromatic heterocycles. The van der Waals surface area contributed by atoms with Crippen LogP contribution in [0.2, 0.25) is 0 Å². The zero-order chi connectivity index (χ0) is 13.8. The van der Waals surface area contributed by atoms with E-state index in [1.807, 2.05) is 36.4 Å². The number of pyridine rings is 1. The zero-order valence-electron chi connectivity index (χ0n) is 11.3. The Kier molecular flexibility index (Phi) is 3.50. The molecule has 3 nitrogen and oxygen atoms in total. The first-order valence-electron chi connectivity index (χ1n) is 6.58. The molecule has 0 saturated carbocycles. The average Bonchev–Trinajstić information content (AvgIpc) is 2.53. The van der Waals surface area contributed by atoms with Crippen LogP contribution in [0.4, 0.5) is 5.82 Å². The molecule has 3 aromatic rings. The summed E-state index contributed by atoms with van der Waals surface area (Å²) in [5.74, 6) is 1.75. The molecule has 0 aliphatic carbocycles. The molecule has 0 aliphatic heterocycles. The number of rotatable bonds is 4. The highest BCUT2D eigenvalue weighted by Gasteiger charge is 2.05. The summed E-state index contributed by atoms with van der Waals surface area (Å²) in [6, 6.07) is 18.3. The van der Waals surface area contributed by atoms with Gasteiger partial charge in [0.05, 0.1) is 7.11 Å². The van der Waals surface area contributed by atoms with Gasteiger partial charge in [-0.1, -0.05) is 42.5 Å². The molecule has 0 unspecified atom stereocenters. The Morgan fingerprint density at radius 3 is 2.60 bits per heavy atom. The topological polar surface area (TPSA) is 34.1 Å². The Bertz CT molecular complexity index is 711. The summed E-state index contributed by atoms with van der Waals surface area (Å²) in [5.41, 5.74) is 1.23. The lowest BCUT2D eigenvalue weighted by Gasteiger charge is -2.10. The van der Waals surface area contributed by atoms with Crippen molar-refractivity contribution in [1.29, 1.82) is 0 Å². The number of methoxy groups -OCH3 is 1. The van der Waals surface area contributed by atoms with E-state index in [9.17, 15) is 0 Å². The van der Waals surface area contributed by atoms with Crippen LogP contribution in [0.5, 0.6) is 5.75 Å². The number of nitrogens with one attached hydrogen (secondary N) is 1. The monoisotopic (exact) mass is 264 g/mol. The van der Waals surface area contributed by atoms with Crippen molar-refractivity contribution in [3.05, 3.63) is 66.4 Å². The predicted octanol–water partition coefficient (Wildman–Crippen LogP) is 3.86. The number of hydrogen-bond acceptors (Lipinski definition) is 3. The molecule has 20 heavy (non-hydrogen) atoms. The SMILES string of the molecule is COc1cccc2c(NCc3ccccc3)nccc12. The number of fused-ring (bicyclic) bond motifs is 1. The summed E-state index contributed by atoms with van der Waals surface area (Å²) in [7, 11) is 1.69. The fraction of sp³-hybridized carbons (Fsp3) is 0.118. The van der Waals surface area contributed by atoms with E-state index >= 15 is 0 Å². The second kappa shape index (κ2) is 5.61. The minimum atomic E-state index is 0.754. The number of hydrogen-bond donors (Lipinski definition) is 1. The molecule has 0 spiro atoms. The van der Waals surface area contributed by atoms with Gasteiger partial charge < -0.3 is 10.1 Å². The van der Waals surface area contributed by atoms with Gasteiger partial charge in [-0.15, -0.1) is 0 Å². The highest BCUT2D eigenvalue weighted by Crippen LogP contribution is 2.29. The standard InChI is InChI=1S/C17H16N2O/c1-20-16-9-5-8-15-14(16)10-11-18-17(15)19-12-13-6-3-2-4-7-13/h2-11H,12H2,1H3,(H,18,19). The lowest BCUT2D eigenvalue weighted by atomic mass is 10.1. The maximum absolute atomic E-state index is 5.39. The highest BCUT2D eigenvalue weighted by atomic mass is 16.5. The number of aromatic nitrogens is 1. The second-order valence-electron chi connectivity index (χ2n) is 4.55. The van der Waals surface area contributed by atoms with Gasteiger partial charge in [0.15, 0.2) is 0 Å². The Morgan fingerprint density at radius 1 is 0.950 bits per heavy atom. The van der Waals surface area contributed by atoms with Crippen molar-refractivity contribution < 1.29 is 4.74 Å². The van der Waals surface area contributed by atoms with Gasteiger partial charge in [0.25, 0.3) is 0 Å². The first-order chi connectivity index (χ1) is 9.88. The second-order valence-corrected chi connectivity index (χ2v) is 4.55. The molecule has 0 saturated heterocycles. The molecule has 3 heteroatoms. The lowest BCUT2D eigenvalue weighted by molar-refractivity contribution is 0.420. The molecule has 2 aromatic carbocycles. The van der Waals surface area contributed by atoms with Gasteiger partial charge in [0.2, 0.25) is 0 Å². The highest BCUT2D eigenvalue weighted by molar-refractivity contribution is 5.95. The third-order valence-electron chi connectivity index (χ3n) is 3.29. The number of nitrogens with zero attached hydrogens (tertiary/aromatic N) is 1. The minimum absolute atomic E-state index is 0.754. The Labute approximate surface area is 118 Å². The Hall–Kier alpha value is -2.55. The maximum atomic E-state index is 5.39. The minimum Gasteiger partial charge on any atom is -0.496 e. The van der Waals surface area contributed by atoms with Gasteiger partial charge in [-0.05, 0) is 17.7 Å². The summed E-state index contributed by atoms with van der Waals surface area (Å²) < 4.78 is 5.39. The normalized spacial score (nSPS) is 10.4. The van der Waals surface area contributed by atoms with Gasteiger partial charge in [0, 0.05) is 23.5 Å². The van der Waals surface area contributed by atoms with Crippen LogP contribution >= 0.6 is 0 Å². The number of benzene rings is 2. The van der Waals surface area contributed by atoms with Crippen LogP contribution in [0.3, 0.4) is 0 Å². The van der Waals surface area contributed by atoms with E-state index in [1.54, 1.807) is 13.3 Å².